The van der Waals surface area contributed by atoms with E-state index in [0.29, 0.717) is 0 Å². The van der Waals surface area contributed by atoms with Crippen molar-refractivity contribution >= 4 is 23.5 Å². The minimum atomic E-state index is -0.656. The van der Waals surface area contributed by atoms with Crippen molar-refractivity contribution in [3.63, 3.8) is 0 Å². The van der Waals surface area contributed by atoms with E-state index >= 15 is 0 Å². The first-order valence-electron chi connectivity index (χ1n) is 7.70. The number of hydrogen-bond acceptors (Lipinski definition) is 4. The summed E-state index contributed by atoms with van der Waals surface area (Å²) in [5.74, 6) is -1.58. The Balaban J connectivity index is 2.06. The van der Waals surface area contributed by atoms with E-state index in [4.69, 9.17) is 0 Å². The first-order valence-corrected chi connectivity index (χ1v) is 7.70. The molecule has 24 heavy (non-hydrogen) atoms. The molecule has 0 aromatic heterocycles. The van der Waals surface area contributed by atoms with Crippen LogP contribution in [-0.2, 0) is 16.0 Å². The Kier molecular flexibility index (Phi) is 3.87. The molecule has 0 aliphatic carbocycles. The van der Waals surface area contributed by atoms with Crippen LogP contribution in [-0.4, -0.2) is 47.8 Å². The van der Waals surface area contributed by atoms with Crippen LogP contribution in [0.1, 0.15) is 18.9 Å². The molecule has 1 atom stereocenters. The molecule has 1 fully saturated rings. The number of rotatable bonds is 1. The molecule has 2 heterocycles. The van der Waals surface area contributed by atoms with Crippen LogP contribution in [0.2, 0.25) is 0 Å². The second-order valence-corrected chi connectivity index (χ2v) is 6.12. The molecule has 1 aromatic carbocycles. The number of carbonyl (C=O) groups is 3. The van der Waals surface area contributed by atoms with E-state index in [1.54, 1.807) is 11.0 Å². The lowest BCUT2D eigenvalue weighted by Crippen LogP contribution is -2.53. The number of aryl methyl sites for hydroxylation is 1. The highest BCUT2D eigenvalue weighted by atomic mass is 19.1. The van der Waals surface area contributed by atoms with Crippen molar-refractivity contribution in [2.24, 2.45) is 0 Å². The number of hydrogen-bond donors (Lipinski definition) is 0. The highest BCUT2D eigenvalue weighted by Gasteiger charge is 2.39. The third-order valence-electron chi connectivity index (χ3n) is 4.54. The maximum atomic E-state index is 13.5. The van der Waals surface area contributed by atoms with Crippen LogP contribution in [0.4, 0.5) is 14.9 Å². The lowest BCUT2D eigenvalue weighted by atomic mass is 9.96. The largest absolute Gasteiger partial charge is 0.344 e. The Morgan fingerprint density at radius 3 is 2.38 bits per heavy atom. The van der Waals surface area contributed by atoms with E-state index < -0.39 is 17.8 Å². The number of urea groups is 1. The van der Waals surface area contributed by atoms with Crippen LogP contribution in [0.25, 0.3) is 0 Å². The van der Waals surface area contributed by atoms with Gasteiger partial charge in [0.2, 0.25) is 0 Å². The van der Waals surface area contributed by atoms with E-state index in [0.717, 1.165) is 33.9 Å². The average Bonchev–Trinajstić information content (AvgIpc) is 2.56. The van der Waals surface area contributed by atoms with Crippen molar-refractivity contribution in [1.29, 1.82) is 0 Å². The molecule has 4 amide bonds. The molecule has 3 rings (SSSR count). The number of imide groups is 2. The number of fused-ring (bicyclic) bond motifs is 1. The molecule has 0 bridgehead atoms. The van der Waals surface area contributed by atoms with Gasteiger partial charge in [-0.15, -0.1) is 0 Å². The number of amides is 4. The minimum absolute atomic E-state index is 0.0456. The van der Waals surface area contributed by atoms with Crippen LogP contribution in [0.5, 0.6) is 0 Å². The summed E-state index contributed by atoms with van der Waals surface area (Å²) in [6, 6.07) is 3.86. The Bertz CT molecular complexity index is 748. The predicted octanol–water partition coefficient (Wildman–Crippen LogP) is 1.90. The average molecular weight is 331 g/mol. The molecule has 7 heteroatoms. The number of likely N-dealkylation sites (N-methyl/N-ethyl adjacent to an activating group) is 2. The molecule has 126 valence electrons. The first-order chi connectivity index (χ1) is 11.3. The number of barbiturate groups is 1. The third-order valence-corrected chi connectivity index (χ3v) is 4.54. The quantitative estimate of drug-likeness (QED) is 0.582. The second-order valence-electron chi connectivity index (χ2n) is 6.12. The molecule has 1 unspecified atom stereocenters. The van der Waals surface area contributed by atoms with Crippen LogP contribution in [0.3, 0.4) is 0 Å². The zero-order valence-electron chi connectivity index (χ0n) is 13.7. The fraction of sp³-hybridized carbons (Fsp3) is 0.353. The van der Waals surface area contributed by atoms with Crippen LogP contribution in [0.15, 0.2) is 30.0 Å². The zero-order valence-corrected chi connectivity index (χ0v) is 13.7. The summed E-state index contributed by atoms with van der Waals surface area (Å²) in [5.41, 5.74) is 1.52. The number of halogens is 1. The summed E-state index contributed by atoms with van der Waals surface area (Å²) in [7, 11) is 2.68. The van der Waals surface area contributed by atoms with Crippen LogP contribution in [0, 0.1) is 5.82 Å². The van der Waals surface area contributed by atoms with E-state index in [9.17, 15) is 18.8 Å². The molecule has 0 radical (unpaired) electrons. The third kappa shape index (κ3) is 2.46. The summed E-state index contributed by atoms with van der Waals surface area (Å²) in [5, 5.41) is 0. The minimum Gasteiger partial charge on any atom is -0.344 e. The van der Waals surface area contributed by atoms with Crippen molar-refractivity contribution in [3.05, 3.63) is 41.4 Å². The molecule has 1 saturated heterocycles. The van der Waals surface area contributed by atoms with Crippen molar-refractivity contribution in [1.82, 2.24) is 9.80 Å². The van der Waals surface area contributed by atoms with Crippen LogP contribution >= 0.6 is 0 Å². The number of benzene rings is 1. The molecule has 6 nitrogen and oxygen atoms in total. The summed E-state index contributed by atoms with van der Waals surface area (Å²) in [6.07, 6.45) is 2.98. The van der Waals surface area contributed by atoms with E-state index in [1.165, 1.54) is 32.4 Å². The Morgan fingerprint density at radius 2 is 1.75 bits per heavy atom. The smallest absolute Gasteiger partial charge is 0.333 e. The van der Waals surface area contributed by atoms with Gasteiger partial charge in [0, 0.05) is 32.0 Å². The maximum Gasteiger partial charge on any atom is 0.333 e. The molecule has 2 aliphatic rings. The van der Waals surface area contributed by atoms with Gasteiger partial charge in [-0.25, -0.2) is 9.18 Å². The highest BCUT2D eigenvalue weighted by molar-refractivity contribution is 6.28. The van der Waals surface area contributed by atoms with E-state index in [2.05, 4.69) is 0 Å². The first kappa shape index (κ1) is 16.2. The van der Waals surface area contributed by atoms with Crippen molar-refractivity contribution in [2.45, 2.75) is 25.8 Å². The SMILES string of the molecule is CC1CCc2cc(F)ccc2N1C=C1C(=O)N(C)C(=O)N(C)C1=O. The standard InChI is InChI=1S/C17H18FN3O3/c1-10-4-5-11-8-12(18)6-7-14(11)21(10)9-13-15(22)19(2)17(24)20(3)16(13)23/h6-10H,4-5H2,1-3H3. The second kappa shape index (κ2) is 5.74. The predicted molar refractivity (Wildman–Crippen MR) is 85.7 cm³/mol. The summed E-state index contributed by atoms with van der Waals surface area (Å²) in [6.45, 7) is 1.97. The highest BCUT2D eigenvalue weighted by Crippen LogP contribution is 2.32. The molecular weight excluding hydrogens is 313 g/mol. The number of anilines is 1. The van der Waals surface area contributed by atoms with Crippen LogP contribution < -0.4 is 4.90 Å². The molecule has 1 aromatic rings. The molecule has 0 saturated carbocycles. The maximum absolute atomic E-state index is 13.5. The summed E-state index contributed by atoms with van der Waals surface area (Å²) < 4.78 is 13.5. The lowest BCUT2D eigenvalue weighted by molar-refractivity contribution is -0.134. The van der Waals surface area contributed by atoms with Gasteiger partial charge >= 0.3 is 6.03 Å². The van der Waals surface area contributed by atoms with E-state index in [-0.39, 0.29) is 17.4 Å². The van der Waals surface area contributed by atoms with Crippen molar-refractivity contribution < 1.29 is 18.8 Å². The number of carbonyl (C=O) groups excluding carboxylic acids is 3. The molecule has 2 aliphatic heterocycles. The van der Waals surface area contributed by atoms with Gasteiger partial charge in [0.15, 0.2) is 0 Å². The Hall–Kier alpha value is -2.70. The monoisotopic (exact) mass is 331 g/mol. The molecule has 0 N–H and O–H groups in total. The zero-order chi connectivity index (χ0) is 17.6. The topological polar surface area (TPSA) is 60.9 Å². The van der Waals surface area contributed by atoms with Crippen molar-refractivity contribution in [2.75, 3.05) is 19.0 Å². The van der Waals surface area contributed by atoms with Crippen molar-refractivity contribution in [3.8, 4) is 0 Å². The Morgan fingerprint density at radius 1 is 1.12 bits per heavy atom. The normalized spacial score (nSPS) is 21.3. The van der Waals surface area contributed by atoms with Gasteiger partial charge < -0.3 is 4.90 Å². The fourth-order valence-electron chi connectivity index (χ4n) is 3.04. The van der Waals surface area contributed by atoms with Gasteiger partial charge in [-0.2, -0.15) is 0 Å². The molecule has 0 spiro atoms. The summed E-state index contributed by atoms with van der Waals surface area (Å²) in [4.78, 5) is 40.1. The van der Waals surface area contributed by atoms with Gasteiger partial charge in [0.1, 0.15) is 11.4 Å². The molecular formula is C17H18FN3O3. The Labute approximate surface area is 139 Å². The van der Waals surface area contributed by atoms with Gasteiger partial charge in [-0.3, -0.25) is 19.4 Å². The summed E-state index contributed by atoms with van der Waals surface area (Å²) >= 11 is 0. The van der Waals surface area contributed by atoms with Gasteiger partial charge in [-0.05, 0) is 43.5 Å². The van der Waals surface area contributed by atoms with Gasteiger partial charge in [0.05, 0.1) is 0 Å². The van der Waals surface area contributed by atoms with E-state index in [1.807, 2.05) is 6.92 Å². The fourth-order valence-corrected chi connectivity index (χ4v) is 3.04. The lowest BCUT2D eigenvalue weighted by Gasteiger charge is -2.36. The number of nitrogens with zero attached hydrogens (tertiary/aromatic N) is 3. The van der Waals surface area contributed by atoms with Gasteiger partial charge in [-0.1, -0.05) is 0 Å². The van der Waals surface area contributed by atoms with Gasteiger partial charge in [0.25, 0.3) is 11.8 Å².